The number of carbonyl (C=O) groups is 1. The maximum Gasteiger partial charge on any atom is 0.411 e. The standard InChI is InChI=1S/C11H20BrNO3/c1-10(2,3)16-9(14)13-7-5-6-11(13,12)8-15-4/h5-8H2,1-4H3/t11-/m0/s1. The molecule has 0 aromatic heterocycles. The second-order valence-electron chi connectivity index (χ2n) is 5.09. The van der Waals surface area contributed by atoms with E-state index in [-0.39, 0.29) is 6.09 Å². The van der Waals surface area contributed by atoms with Gasteiger partial charge >= 0.3 is 6.09 Å². The van der Waals surface area contributed by atoms with Gasteiger partial charge in [0.25, 0.3) is 0 Å². The second kappa shape index (κ2) is 4.92. The van der Waals surface area contributed by atoms with Crippen molar-refractivity contribution < 1.29 is 14.3 Å². The monoisotopic (exact) mass is 293 g/mol. The van der Waals surface area contributed by atoms with E-state index in [2.05, 4.69) is 15.9 Å². The van der Waals surface area contributed by atoms with Gasteiger partial charge in [-0.05, 0) is 33.6 Å². The summed E-state index contributed by atoms with van der Waals surface area (Å²) in [6, 6.07) is 0. The highest BCUT2D eigenvalue weighted by Gasteiger charge is 2.43. The van der Waals surface area contributed by atoms with Crippen LogP contribution in [0.15, 0.2) is 0 Å². The highest BCUT2D eigenvalue weighted by atomic mass is 79.9. The lowest BCUT2D eigenvalue weighted by molar-refractivity contribution is 0.0107. The van der Waals surface area contributed by atoms with Crippen LogP contribution in [-0.2, 0) is 9.47 Å². The van der Waals surface area contributed by atoms with E-state index in [1.807, 2.05) is 20.8 Å². The summed E-state index contributed by atoms with van der Waals surface area (Å²) in [4.78, 5) is 13.7. The minimum Gasteiger partial charge on any atom is -0.444 e. The van der Waals surface area contributed by atoms with Crippen LogP contribution in [0.3, 0.4) is 0 Å². The second-order valence-corrected chi connectivity index (χ2v) is 6.56. The maximum absolute atomic E-state index is 12.0. The van der Waals surface area contributed by atoms with E-state index in [0.29, 0.717) is 13.2 Å². The Labute approximate surface area is 105 Å². The SMILES string of the molecule is COC[C@]1(Br)CCCN1C(=O)OC(C)(C)C. The molecule has 16 heavy (non-hydrogen) atoms. The molecule has 1 atom stereocenters. The first-order valence-corrected chi connectivity index (χ1v) is 6.26. The highest BCUT2D eigenvalue weighted by molar-refractivity contribution is 9.10. The summed E-state index contributed by atoms with van der Waals surface area (Å²) in [6.07, 6.45) is 1.58. The number of alkyl halides is 1. The van der Waals surface area contributed by atoms with Crippen molar-refractivity contribution in [3.8, 4) is 0 Å². The quantitative estimate of drug-likeness (QED) is 0.580. The van der Waals surface area contributed by atoms with Gasteiger partial charge in [-0.1, -0.05) is 15.9 Å². The van der Waals surface area contributed by atoms with Gasteiger partial charge in [-0.15, -0.1) is 0 Å². The zero-order valence-electron chi connectivity index (χ0n) is 10.4. The number of methoxy groups -OCH3 is 1. The molecule has 1 rings (SSSR count). The Balaban J connectivity index is 2.68. The van der Waals surface area contributed by atoms with Crippen molar-refractivity contribution in [1.82, 2.24) is 4.90 Å². The van der Waals surface area contributed by atoms with Gasteiger partial charge in [0, 0.05) is 13.7 Å². The topological polar surface area (TPSA) is 38.8 Å². The van der Waals surface area contributed by atoms with E-state index >= 15 is 0 Å². The zero-order chi connectivity index (χ0) is 12.4. The first kappa shape index (κ1) is 13.8. The third-order valence-electron chi connectivity index (χ3n) is 2.40. The third-order valence-corrected chi connectivity index (χ3v) is 3.46. The molecule has 1 fully saturated rings. The molecule has 94 valence electrons. The normalized spacial score (nSPS) is 25.9. The number of rotatable bonds is 2. The third kappa shape index (κ3) is 3.35. The number of likely N-dealkylation sites (tertiary alicyclic amines) is 1. The van der Waals surface area contributed by atoms with Gasteiger partial charge in [-0.3, -0.25) is 4.90 Å². The minimum atomic E-state index is -0.458. The number of halogens is 1. The average molecular weight is 294 g/mol. The lowest BCUT2D eigenvalue weighted by atomic mass is 10.2. The summed E-state index contributed by atoms with van der Waals surface area (Å²) in [5, 5.41) is 0. The Morgan fingerprint density at radius 3 is 2.62 bits per heavy atom. The number of hydrogen-bond donors (Lipinski definition) is 0. The molecule has 0 unspecified atom stereocenters. The lowest BCUT2D eigenvalue weighted by Gasteiger charge is -2.34. The molecule has 1 heterocycles. The number of nitrogens with zero attached hydrogens (tertiary/aromatic N) is 1. The fraction of sp³-hybridized carbons (Fsp3) is 0.909. The molecule has 1 amide bonds. The van der Waals surface area contributed by atoms with Gasteiger partial charge in [0.15, 0.2) is 0 Å². The molecule has 0 radical (unpaired) electrons. The molecule has 1 saturated heterocycles. The van der Waals surface area contributed by atoms with Crippen LogP contribution in [0.2, 0.25) is 0 Å². The number of amides is 1. The molecule has 5 heteroatoms. The zero-order valence-corrected chi connectivity index (χ0v) is 12.0. The molecule has 0 aromatic carbocycles. The van der Waals surface area contributed by atoms with Crippen LogP contribution >= 0.6 is 15.9 Å². The van der Waals surface area contributed by atoms with Gasteiger partial charge in [0.05, 0.1) is 6.61 Å². The van der Waals surface area contributed by atoms with Crippen LogP contribution in [0.4, 0.5) is 4.79 Å². The fourth-order valence-corrected chi connectivity index (χ4v) is 2.62. The highest BCUT2D eigenvalue weighted by Crippen LogP contribution is 2.36. The van der Waals surface area contributed by atoms with Gasteiger partial charge in [-0.25, -0.2) is 4.79 Å². The van der Waals surface area contributed by atoms with Crippen molar-refractivity contribution in [2.24, 2.45) is 0 Å². The summed E-state index contributed by atoms with van der Waals surface area (Å²) < 4.78 is 10.1. The van der Waals surface area contributed by atoms with Crippen molar-refractivity contribution in [3.05, 3.63) is 0 Å². The van der Waals surface area contributed by atoms with Crippen LogP contribution in [0.5, 0.6) is 0 Å². The largest absolute Gasteiger partial charge is 0.444 e. The molecular formula is C11H20BrNO3. The lowest BCUT2D eigenvalue weighted by Crippen LogP contribution is -2.47. The predicted molar refractivity (Wildman–Crippen MR) is 65.7 cm³/mol. The molecule has 0 aromatic rings. The van der Waals surface area contributed by atoms with Crippen molar-refractivity contribution in [2.45, 2.75) is 43.7 Å². The molecule has 1 aliphatic heterocycles. The Morgan fingerprint density at radius 2 is 2.12 bits per heavy atom. The molecule has 0 saturated carbocycles. The number of carbonyl (C=O) groups excluding carboxylic acids is 1. The Hall–Kier alpha value is -0.290. The molecule has 0 spiro atoms. The van der Waals surface area contributed by atoms with E-state index < -0.39 is 10.0 Å². The summed E-state index contributed by atoms with van der Waals surface area (Å²) in [7, 11) is 1.63. The van der Waals surface area contributed by atoms with E-state index in [1.165, 1.54) is 0 Å². The van der Waals surface area contributed by atoms with E-state index in [9.17, 15) is 4.79 Å². The van der Waals surface area contributed by atoms with Gasteiger partial charge in [0.2, 0.25) is 0 Å². The summed E-state index contributed by atoms with van der Waals surface area (Å²) in [5.74, 6) is 0. The number of hydrogen-bond acceptors (Lipinski definition) is 3. The first-order valence-electron chi connectivity index (χ1n) is 5.47. The van der Waals surface area contributed by atoms with Crippen molar-refractivity contribution in [1.29, 1.82) is 0 Å². The predicted octanol–water partition coefficient (Wildman–Crippen LogP) is 2.75. The average Bonchev–Trinajstić information content (AvgIpc) is 2.44. The van der Waals surface area contributed by atoms with Gasteiger partial charge in [0.1, 0.15) is 10.0 Å². The number of ether oxygens (including phenoxy) is 2. The van der Waals surface area contributed by atoms with E-state index in [4.69, 9.17) is 9.47 Å². The van der Waals surface area contributed by atoms with Crippen LogP contribution in [0, 0.1) is 0 Å². The fourth-order valence-electron chi connectivity index (χ4n) is 1.79. The van der Waals surface area contributed by atoms with Crippen molar-refractivity contribution in [3.63, 3.8) is 0 Å². The van der Waals surface area contributed by atoms with E-state index in [0.717, 1.165) is 12.8 Å². The molecule has 4 nitrogen and oxygen atoms in total. The smallest absolute Gasteiger partial charge is 0.411 e. The van der Waals surface area contributed by atoms with Crippen molar-refractivity contribution >= 4 is 22.0 Å². The maximum atomic E-state index is 12.0. The Morgan fingerprint density at radius 1 is 1.50 bits per heavy atom. The summed E-state index contributed by atoms with van der Waals surface area (Å²) in [6.45, 7) is 6.80. The van der Waals surface area contributed by atoms with Gasteiger partial charge < -0.3 is 9.47 Å². The molecule has 1 aliphatic rings. The van der Waals surface area contributed by atoms with Crippen LogP contribution < -0.4 is 0 Å². The van der Waals surface area contributed by atoms with Crippen LogP contribution in [-0.4, -0.2) is 41.3 Å². The van der Waals surface area contributed by atoms with Gasteiger partial charge in [-0.2, -0.15) is 0 Å². The minimum absolute atomic E-state index is 0.279. The Bertz CT molecular complexity index is 264. The van der Waals surface area contributed by atoms with Crippen LogP contribution in [0.25, 0.3) is 0 Å². The van der Waals surface area contributed by atoms with Crippen molar-refractivity contribution in [2.75, 3.05) is 20.3 Å². The molecular weight excluding hydrogens is 274 g/mol. The molecule has 0 N–H and O–H groups in total. The molecule has 0 bridgehead atoms. The first-order chi connectivity index (χ1) is 7.28. The summed E-state index contributed by atoms with van der Waals surface area (Å²) in [5.41, 5.74) is -0.458. The van der Waals surface area contributed by atoms with E-state index in [1.54, 1.807) is 12.0 Å². The van der Waals surface area contributed by atoms with Crippen LogP contribution in [0.1, 0.15) is 33.6 Å². The summed E-state index contributed by atoms with van der Waals surface area (Å²) >= 11 is 3.58. The molecule has 0 aliphatic carbocycles. The Kier molecular flexibility index (Phi) is 4.23.